The van der Waals surface area contributed by atoms with Crippen molar-refractivity contribution in [1.82, 2.24) is 0 Å². The number of aryl methyl sites for hydroxylation is 1. The van der Waals surface area contributed by atoms with E-state index in [0.717, 1.165) is 10.8 Å². The quantitative estimate of drug-likeness (QED) is 0.421. The monoisotopic (exact) mass is 364 g/mol. The fraction of sp³-hybridized carbons (Fsp3) is 0.100. The highest BCUT2D eigenvalue weighted by Gasteiger charge is 2.19. The number of benzene rings is 3. The van der Waals surface area contributed by atoms with Crippen LogP contribution in [0.15, 0.2) is 60.7 Å². The van der Waals surface area contributed by atoms with Crippen LogP contribution in [-0.4, -0.2) is 23.4 Å². The van der Waals surface area contributed by atoms with Crippen molar-refractivity contribution < 1.29 is 19.2 Å². The number of carbonyl (C=O) groups excluding carboxylic acids is 2. The first kappa shape index (κ1) is 18.1. The van der Waals surface area contributed by atoms with Crippen molar-refractivity contribution in [1.29, 1.82) is 0 Å². The van der Waals surface area contributed by atoms with Crippen LogP contribution >= 0.6 is 0 Å². The molecule has 0 heterocycles. The first-order valence-electron chi connectivity index (χ1n) is 8.16. The molecule has 0 aliphatic carbocycles. The number of carbonyl (C=O) groups is 2. The van der Waals surface area contributed by atoms with E-state index in [9.17, 15) is 19.7 Å². The Balaban J connectivity index is 1.71. The molecule has 7 nitrogen and oxygen atoms in total. The normalized spacial score (nSPS) is 10.4. The Hall–Kier alpha value is -3.74. The van der Waals surface area contributed by atoms with Crippen molar-refractivity contribution in [2.75, 3.05) is 11.9 Å². The molecular formula is C20H16N2O5. The van der Waals surface area contributed by atoms with Crippen molar-refractivity contribution in [2.24, 2.45) is 0 Å². The molecule has 0 fully saturated rings. The third-order valence-corrected chi connectivity index (χ3v) is 4.06. The maximum atomic E-state index is 12.3. The first-order valence-corrected chi connectivity index (χ1v) is 8.16. The van der Waals surface area contributed by atoms with Gasteiger partial charge in [0.05, 0.1) is 10.5 Å². The van der Waals surface area contributed by atoms with Gasteiger partial charge >= 0.3 is 5.97 Å². The highest BCUT2D eigenvalue weighted by molar-refractivity contribution is 6.05. The van der Waals surface area contributed by atoms with Gasteiger partial charge in [-0.15, -0.1) is 0 Å². The molecule has 0 saturated carbocycles. The van der Waals surface area contributed by atoms with E-state index in [1.54, 1.807) is 31.2 Å². The summed E-state index contributed by atoms with van der Waals surface area (Å²) >= 11 is 0. The van der Waals surface area contributed by atoms with E-state index < -0.39 is 23.4 Å². The molecule has 3 aromatic rings. The molecule has 0 aliphatic rings. The Morgan fingerprint density at radius 3 is 2.52 bits per heavy atom. The Labute approximate surface area is 154 Å². The lowest BCUT2D eigenvalue weighted by Crippen LogP contribution is -2.22. The standard InChI is InChI=1S/C20H16N2O5/c1-13-6-4-11-17(22(25)26)19(13)21-18(23)12-27-20(24)16-10-5-8-14-7-2-3-9-15(14)16/h2-11H,12H2,1H3,(H,21,23). The molecule has 0 aliphatic heterocycles. The Morgan fingerprint density at radius 1 is 1.04 bits per heavy atom. The summed E-state index contributed by atoms with van der Waals surface area (Å²) in [6.07, 6.45) is 0. The minimum atomic E-state index is -0.652. The van der Waals surface area contributed by atoms with Crippen LogP contribution in [0.2, 0.25) is 0 Å². The number of esters is 1. The fourth-order valence-electron chi connectivity index (χ4n) is 2.75. The number of nitrogens with one attached hydrogen (secondary N) is 1. The molecule has 1 N–H and O–H groups in total. The summed E-state index contributed by atoms with van der Waals surface area (Å²) in [4.78, 5) is 35.0. The molecule has 0 bridgehead atoms. The third kappa shape index (κ3) is 3.92. The predicted molar refractivity (Wildman–Crippen MR) is 101 cm³/mol. The number of nitrogens with zero attached hydrogens (tertiary/aromatic N) is 1. The van der Waals surface area contributed by atoms with Crippen LogP contribution < -0.4 is 5.32 Å². The van der Waals surface area contributed by atoms with Crippen molar-refractivity contribution in [3.05, 3.63) is 81.9 Å². The average molecular weight is 364 g/mol. The molecule has 7 heteroatoms. The number of hydrogen-bond acceptors (Lipinski definition) is 5. The van der Waals surface area contributed by atoms with Gasteiger partial charge in [0.25, 0.3) is 11.6 Å². The van der Waals surface area contributed by atoms with Crippen LogP contribution in [0.1, 0.15) is 15.9 Å². The zero-order valence-corrected chi connectivity index (χ0v) is 14.5. The lowest BCUT2D eigenvalue weighted by atomic mass is 10.1. The largest absolute Gasteiger partial charge is 0.452 e. The van der Waals surface area contributed by atoms with Crippen LogP contribution in [0.25, 0.3) is 10.8 Å². The average Bonchev–Trinajstić information content (AvgIpc) is 2.67. The van der Waals surface area contributed by atoms with E-state index in [1.807, 2.05) is 24.3 Å². The Morgan fingerprint density at radius 2 is 1.74 bits per heavy atom. The molecule has 3 rings (SSSR count). The summed E-state index contributed by atoms with van der Waals surface area (Å²) in [7, 11) is 0. The highest BCUT2D eigenvalue weighted by atomic mass is 16.6. The Kier molecular flexibility index (Phi) is 5.12. The summed E-state index contributed by atoms with van der Waals surface area (Å²) in [5.41, 5.74) is 0.762. The number of amides is 1. The minimum Gasteiger partial charge on any atom is -0.452 e. The summed E-state index contributed by atoms with van der Waals surface area (Å²) in [5.74, 6) is -1.29. The number of nitro groups is 1. The second kappa shape index (κ2) is 7.65. The lowest BCUT2D eigenvalue weighted by Gasteiger charge is -2.10. The summed E-state index contributed by atoms with van der Waals surface area (Å²) in [5, 5.41) is 15.1. The Bertz CT molecular complexity index is 1040. The van der Waals surface area contributed by atoms with Crippen molar-refractivity contribution >= 4 is 34.0 Å². The number of hydrogen-bond donors (Lipinski definition) is 1. The molecule has 0 radical (unpaired) electrons. The van der Waals surface area contributed by atoms with Crippen molar-refractivity contribution in [2.45, 2.75) is 6.92 Å². The number of nitro benzene ring substituents is 1. The van der Waals surface area contributed by atoms with Gasteiger partial charge in [-0.3, -0.25) is 14.9 Å². The molecule has 136 valence electrons. The van der Waals surface area contributed by atoms with Crippen LogP contribution in [-0.2, 0) is 9.53 Å². The minimum absolute atomic E-state index is 0.0914. The smallest absolute Gasteiger partial charge is 0.339 e. The van der Waals surface area contributed by atoms with E-state index in [-0.39, 0.29) is 11.4 Å². The van der Waals surface area contributed by atoms with E-state index in [1.165, 1.54) is 12.1 Å². The third-order valence-electron chi connectivity index (χ3n) is 4.06. The highest BCUT2D eigenvalue weighted by Crippen LogP contribution is 2.27. The van der Waals surface area contributed by atoms with Crippen LogP contribution in [0.4, 0.5) is 11.4 Å². The molecule has 0 unspecified atom stereocenters. The number of anilines is 1. The first-order chi connectivity index (χ1) is 13.0. The predicted octanol–water partition coefficient (Wildman–Crippen LogP) is 3.85. The topological polar surface area (TPSA) is 98.5 Å². The van der Waals surface area contributed by atoms with Gasteiger partial charge in [0, 0.05) is 6.07 Å². The SMILES string of the molecule is Cc1cccc([N+](=O)[O-])c1NC(=O)COC(=O)c1cccc2ccccc12. The van der Waals surface area contributed by atoms with Gasteiger partial charge in [0.1, 0.15) is 5.69 Å². The van der Waals surface area contributed by atoms with E-state index >= 15 is 0 Å². The summed E-state index contributed by atoms with van der Waals surface area (Å²) in [6.45, 7) is 1.10. The van der Waals surface area contributed by atoms with Gasteiger partial charge in [0.15, 0.2) is 6.61 Å². The molecule has 0 atom stereocenters. The molecule has 1 amide bonds. The number of para-hydroxylation sites is 1. The van der Waals surface area contributed by atoms with Gasteiger partial charge in [-0.2, -0.15) is 0 Å². The van der Waals surface area contributed by atoms with Crippen molar-refractivity contribution in [3.63, 3.8) is 0 Å². The van der Waals surface area contributed by atoms with Crippen molar-refractivity contribution in [3.8, 4) is 0 Å². The van der Waals surface area contributed by atoms with Crippen LogP contribution in [0, 0.1) is 17.0 Å². The van der Waals surface area contributed by atoms with E-state index in [4.69, 9.17) is 4.74 Å². The molecular weight excluding hydrogens is 348 g/mol. The molecule has 0 aromatic heterocycles. The summed E-state index contributed by atoms with van der Waals surface area (Å²) in [6, 6.07) is 17.0. The molecule has 0 saturated heterocycles. The summed E-state index contributed by atoms with van der Waals surface area (Å²) < 4.78 is 5.09. The zero-order chi connectivity index (χ0) is 19.4. The van der Waals surface area contributed by atoms with Gasteiger partial charge in [-0.25, -0.2) is 4.79 Å². The maximum Gasteiger partial charge on any atom is 0.339 e. The van der Waals surface area contributed by atoms with E-state index in [0.29, 0.717) is 11.1 Å². The number of fused-ring (bicyclic) bond motifs is 1. The van der Waals surface area contributed by atoms with Gasteiger partial charge < -0.3 is 10.1 Å². The van der Waals surface area contributed by atoms with Gasteiger partial charge in [0.2, 0.25) is 0 Å². The molecule has 0 spiro atoms. The zero-order valence-electron chi connectivity index (χ0n) is 14.5. The lowest BCUT2D eigenvalue weighted by molar-refractivity contribution is -0.384. The molecule has 3 aromatic carbocycles. The second-order valence-corrected chi connectivity index (χ2v) is 5.88. The maximum absolute atomic E-state index is 12.3. The van der Waals surface area contributed by atoms with Crippen LogP contribution in [0.3, 0.4) is 0 Å². The van der Waals surface area contributed by atoms with E-state index in [2.05, 4.69) is 5.32 Å². The van der Waals surface area contributed by atoms with Gasteiger partial charge in [-0.05, 0) is 29.3 Å². The molecule has 27 heavy (non-hydrogen) atoms. The van der Waals surface area contributed by atoms with Gasteiger partial charge in [-0.1, -0.05) is 48.5 Å². The number of rotatable bonds is 5. The number of ether oxygens (including phenoxy) is 1. The second-order valence-electron chi connectivity index (χ2n) is 5.88. The fourth-order valence-corrected chi connectivity index (χ4v) is 2.75. The van der Waals surface area contributed by atoms with Crippen LogP contribution in [0.5, 0.6) is 0 Å².